The lowest BCUT2D eigenvalue weighted by Crippen LogP contribution is -2.43. The minimum absolute atomic E-state index is 0.0535. The van der Waals surface area contributed by atoms with Crippen LogP contribution in [0.15, 0.2) is 53.5 Å². The fourth-order valence-corrected chi connectivity index (χ4v) is 4.99. The molecule has 0 spiro atoms. The van der Waals surface area contributed by atoms with E-state index in [1.165, 1.54) is 5.56 Å². The predicted molar refractivity (Wildman–Crippen MR) is 136 cm³/mol. The van der Waals surface area contributed by atoms with E-state index in [0.717, 1.165) is 52.5 Å². The van der Waals surface area contributed by atoms with Gasteiger partial charge in [0.05, 0.1) is 18.5 Å². The van der Waals surface area contributed by atoms with Gasteiger partial charge < -0.3 is 9.64 Å². The summed E-state index contributed by atoms with van der Waals surface area (Å²) in [5, 5.41) is 4.12. The zero-order chi connectivity index (χ0) is 24.0. The van der Waals surface area contributed by atoms with Crippen LogP contribution in [0, 0.1) is 0 Å². The first-order valence-electron chi connectivity index (χ1n) is 11.3. The van der Waals surface area contributed by atoms with Crippen molar-refractivity contribution in [3.8, 4) is 34.0 Å². The van der Waals surface area contributed by atoms with Crippen molar-refractivity contribution >= 4 is 17.2 Å². The molecule has 0 atom stereocenters. The number of hydrogen-bond donors (Lipinski definition) is 0. The van der Waals surface area contributed by atoms with Gasteiger partial charge in [-0.1, -0.05) is 6.07 Å². The van der Waals surface area contributed by atoms with Crippen molar-refractivity contribution in [1.82, 2.24) is 19.4 Å². The summed E-state index contributed by atoms with van der Waals surface area (Å²) in [4.78, 5) is 24.6. The van der Waals surface area contributed by atoms with Crippen LogP contribution in [0.5, 0.6) is 5.75 Å². The predicted octanol–water partition coefficient (Wildman–Crippen LogP) is 5.64. The van der Waals surface area contributed by atoms with Gasteiger partial charge in [-0.3, -0.25) is 14.3 Å². The van der Waals surface area contributed by atoms with E-state index in [9.17, 15) is 4.79 Å². The van der Waals surface area contributed by atoms with Crippen LogP contribution >= 0.6 is 11.3 Å². The number of imidazole rings is 1. The number of carbonyl (C=O) groups is 1. The van der Waals surface area contributed by atoms with Gasteiger partial charge in [0.25, 0.3) is 5.91 Å². The summed E-state index contributed by atoms with van der Waals surface area (Å²) in [5.41, 5.74) is 6.35. The van der Waals surface area contributed by atoms with Crippen molar-refractivity contribution < 1.29 is 9.53 Å². The molecule has 4 aromatic rings. The lowest BCUT2D eigenvalue weighted by Gasteiger charge is -2.32. The number of nitrogens with zero attached hydrogens (tertiary/aromatic N) is 4. The molecule has 7 heteroatoms. The van der Waals surface area contributed by atoms with E-state index in [1.54, 1.807) is 29.5 Å². The molecule has 4 heterocycles. The minimum Gasteiger partial charge on any atom is -0.496 e. The minimum atomic E-state index is -0.302. The number of rotatable bonds is 4. The molecule has 1 amide bonds. The molecule has 1 aliphatic rings. The molecule has 174 valence electrons. The number of aryl methyl sites for hydroxylation is 1. The molecule has 0 saturated carbocycles. The van der Waals surface area contributed by atoms with E-state index in [4.69, 9.17) is 9.72 Å². The second kappa shape index (κ2) is 8.40. The van der Waals surface area contributed by atoms with E-state index in [2.05, 4.69) is 33.1 Å². The Morgan fingerprint density at radius 1 is 1.18 bits per heavy atom. The molecule has 0 aliphatic carbocycles. The number of amides is 1. The molecular formula is C27H28N4O2S. The highest BCUT2D eigenvalue weighted by Crippen LogP contribution is 2.40. The average molecular weight is 473 g/mol. The van der Waals surface area contributed by atoms with Crippen LogP contribution in [0.2, 0.25) is 0 Å². The molecule has 1 aromatic carbocycles. The maximum absolute atomic E-state index is 13.6. The third-order valence-electron chi connectivity index (χ3n) is 6.51. The Kier molecular flexibility index (Phi) is 5.52. The molecule has 0 fully saturated rings. The summed E-state index contributed by atoms with van der Waals surface area (Å²) in [6.07, 6.45) is 5.15. The monoisotopic (exact) mass is 472 g/mol. The van der Waals surface area contributed by atoms with Crippen molar-refractivity contribution in [2.75, 3.05) is 14.2 Å². The van der Waals surface area contributed by atoms with E-state index >= 15 is 0 Å². The number of carbonyl (C=O) groups excluding carboxylic acids is 1. The molecular weight excluding hydrogens is 444 g/mol. The zero-order valence-corrected chi connectivity index (χ0v) is 20.9. The van der Waals surface area contributed by atoms with Crippen LogP contribution in [0.3, 0.4) is 0 Å². The van der Waals surface area contributed by atoms with Crippen LogP contribution in [0.1, 0.15) is 42.5 Å². The van der Waals surface area contributed by atoms with Gasteiger partial charge >= 0.3 is 0 Å². The fraction of sp³-hybridized carbons (Fsp3) is 0.296. The number of methoxy groups -OCH3 is 1. The Bertz CT molecular complexity index is 1350. The maximum Gasteiger partial charge on any atom is 0.274 e. The SMILES string of the molecule is COc1cc2c(cc1-c1cccnc1)-n1c(-c3ccsc3)nc(C(=O)N(C)C(C)(C)C)c1CC2. The average Bonchev–Trinajstić information content (AvgIpc) is 3.50. The Morgan fingerprint density at radius 3 is 2.65 bits per heavy atom. The largest absolute Gasteiger partial charge is 0.496 e. The van der Waals surface area contributed by atoms with Crippen molar-refractivity contribution in [2.24, 2.45) is 0 Å². The molecule has 0 unspecified atom stereocenters. The van der Waals surface area contributed by atoms with Gasteiger partial charge in [-0.15, -0.1) is 0 Å². The maximum atomic E-state index is 13.6. The van der Waals surface area contributed by atoms with E-state index in [1.807, 2.05) is 51.5 Å². The molecule has 6 nitrogen and oxygen atoms in total. The third-order valence-corrected chi connectivity index (χ3v) is 7.19. The second-order valence-electron chi connectivity index (χ2n) is 9.54. The van der Waals surface area contributed by atoms with Gasteiger partial charge in [-0.2, -0.15) is 11.3 Å². The number of ether oxygens (including phenoxy) is 1. The van der Waals surface area contributed by atoms with Gasteiger partial charge in [-0.25, -0.2) is 4.98 Å². The van der Waals surface area contributed by atoms with Crippen LogP contribution in [0.25, 0.3) is 28.2 Å². The molecule has 1 aliphatic heterocycles. The van der Waals surface area contributed by atoms with Gasteiger partial charge in [0.2, 0.25) is 0 Å². The molecule has 0 radical (unpaired) electrons. The van der Waals surface area contributed by atoms with Crippen molar-refractivity contribution in [3.63, 3.8) is 0 Å². The number of hydrogen-bond acceptors (Lipinski definition) is 5. The summed E-state index contributed by atoms with van der Waals surface area (Å²) in [5.74, 6) is 1.56. The van der Waals surface area contributed by atoms with Crippen LogP contribution in [0.4, 0.5) is 0 Å². The highest BCUT2D eigenvalue weighted by Gasteiger charge is 2.33. The third kappa shape index (κ3) is 3.70. The molecule has 0 bridgehead atoms. The first-order chi connectivity index (χ1) is 16.3. The van der Waals surface area contributed by atoms with Crippen molar-refractivity contribution in [1.29, 1.82) is 0 Å². The van der Waals surface area contributed by atoms with Crippen molar-refractivity contribution in [3.05, 3.63) is 70.4 Å². The van der Waals surface area contributed by atoms with E-state index in [0.29, 0.717) is 5.69 Å². The quantitative estimate of drug-likeness (QED) is 0.386. The fourth-order valence-electron chi connectivity index (χ4n) is 4.35. The number of aromatic nitrogens is 3. The molecule has 3 aromatic heterocycles. The summed E-state index contributed by atoms with van der Waals surface area (Å²) in [6, 6.07) is 10.3. The smallest absolute Gasteiger partial charge is 0.274 e. The standard InChI is InChI=1S/C27H28N4O2S/c1-27(2,3)30(4)26(32)24-21-9-8-17-13-23(33-5)20(18-7-6-11-28-15-18)14-22(17)31(21)25(29-24)19-10-12-34-16-19/h6-7,10-16H,8-9H2,1-5H3. The van der Waals surface area contributed by atoms with Crippen LogP contribution < -0.4 is 4.74 Å². The topological polar surface area (TPSA) is 60.2 Å². The Morgan fingerprint density at radius 2 is 2.00 bits per heavy atom. The number of pyridine rings is 1. The number of benzene rings is 1. The first kappa shape index (κ1) is 22.3. The molecule has 34 heavy (non-hydrogen) atoms. The summed E-state index contributed by atoms with van der Waals surface area (Å²) in [7, 11) is 3.55. The highest BCUT2D eigenvalue weighted by molar-refractivity contribution is 7.08. The lowest BCUT2D eigenvalue weighted by molar-refractivity contribution is 0.0649. The lowest BCUT2D eigenvalue weighted by atomic mass is 9.95. The molecule has 0 N–H and O–H groups in total. The van der Waals surface area contributed by atoms with Crippen LogP contribution in [-0.2, 0) is 12.8 Å². The summed E-state index contributed by atoms with van der Waals surface area (Å²) >= 11 is 1.62. The Hall–Kier alpha value is -3.45. The number of fused-ring (bicyclic) bond motifs is 3. The molecule has 0 saturated heterocycles. The van der Waals surface area contributed by atoms with Gasteiger partial charge in [0.15, 0.2) is 5.69 Å². The summed E-state index contributed by atoms with van der Waals surface area (Å²) < 4.78 is 7.93. The van der Waals surface area contributed by atoms with E-state index in [-0.39, 0.29) is 11.4 Å². The second-order valence-corrected chi connectivity index (χ2v) is 10.3. The van der Waals surface area contributed by atoms with Crippen LogP contribution in [-0.4, -0.2) is 45.0 Å². The highest BCUT2D eigenvalue weighted by atomic mass is 32.1. The Balaban J connectivity index is 1.75. The molecule has 5 rings (SSSR count). The Labute approximate surface area is 203 Å². The van der Waals surface area contributed by atoms with E-state index < -0.39 is 0 Å². The van der Waals surface area contributed by atoms with Crippen molar-refractivity contribution in [2.45, 2.75) is 39.2 Å². The number of thiophene rings is 1. The first-order valence-corrected chi connectivity index (χ1v) is 12.3. The van der Waals surface area contributed by atoms with Gasteiger partial charge in [0, 0.05) is 47.1 Å². The van der Waals surface area contributed by atoms with Gasteiger partial charge in [-0.05, 0) is 68.8 Å². The summed E-state index contributed by atoms with van der Waals surface area (Å²) in [6.45, 7) is 6.11. The zero-order valence-electron chi connectivity index (χ0n) is 20.1. The normalized spacial score (nSPS) is 12.7. The van der Waals surface area contributed by atoms with Gasteiger partial charge in [0.1, 0.15) is 11.6 Å².